The number of esters is 4. The Morgan fingerprint density at radius 1 is 0.210 bits per heavy atom. The van der Waals surface area contributed by atoms with E-state index in [-0.39, 0.29) is 238 Å². The molecule has 0 saturated carbocycles. The minimum atomic E-state index is -1.66. The highest BCUT2D eigenvalue weighted by molar-refractivity contribution is 5.79. The normalized spacial score (nSPS) is 12.1. The molecule has 0 atom stereocenters. The van der Waals surface area contributed by atoms with Crippen LogP contribution in [0.5, 0.6) is 0 Å². The van der Waals surface area contributed by atoms with Crippen molar-refractivity contribution in [1.82, 2.24) is 21.3 Å². The molecule has 734 valence electrons. The lowest BCUT2D eigenvalue weighted by molar-refractivity contribution is -0.151. The van der Waals surface area contributed by atoms with Crippen molar-refractivity contribution in [1.29, 1.82) is 0 Å². The Morgan fingerprint density at radius 2 is 0.347 bits per heavy atom. The van der Waals surface area contributed by atoms with Gasteiger partial charge in [-0.15, -0.1) is 0 Å². The first kappa shape index (κ1) is 123. The van der Waals surface area contributed by atoms with Crippen LogP contribution < -0.4 is 27.0 Å². The van der Waals surface area contributed by atoms with Gasteiger partial charge in [-0.05, 0) is 27.7 Å². The molecule has 0 saturated heterocycles. The van der Waals surface area contributed by atoms with Gasteiger partial charge in [0.25, 0.3) is 0 Å². The summed E-state index contributed by atoms with van der Waals surface area (Å²) >= 11 is 0. The lowest BCUT2D eigenvalue weighted by Crippen LogP contribution is -2.57. The van der Waals surface area contributed by atoms with E-state index in [0.717, 1.165) is 0 Å². The topological polar surface area (TPSA) is 717 Å². The second-order valence-corrected chi connectivity index (χ2v) is 27.3. The molecular weight excluding hydrogens is 1680 g/mol. The van der Waals surface area contributed by atoms with Gasteiger partial charge < -0.3 is 208 Å². The average Bonchev–Trinajstić information content (AvgIpc) is 0.906. The molecule has 50 nitrogen and oxygen atoms in total. The lowest BCUT2D eigenvalue weighted by Gasteiger charge is -2.33. The zero-order valence-corrected chi connectivity index (χ0v) is 71.9. The Morgan fingerprint density at radius 3 is 0.476 bits per heavy atom. The molecule has 0 aromatic carbocycles. The van der Waals surface area contributed by atoms with Crippen LogP contribution >= 0.6 is 0 Å². The number of nitrogens with one attached hydrogen (secondary N) is 4. The summed E-state index contributed by atoms with van der Waals surface area (Å²) in [5, 5.41) is 147. The van der Waals surface area contributed by atoms with Gasteiger partial charge in [-0.1, -0.05) is 0 Å². The maximum atomic E-state index is 12.3. The fourth-order valence-electron chi connectivity index (χ4n) is 8.84. The van der Waals surface area contributed by atoms with Gasteiger partial charge >= 0.3 is 23.9 Å². The Hall–Kier alpha value is -5.60. The fraction of sp³-hybridized carbons (Fsp3) is 0.892. The predicted octanol–water partition coefficient (Wildman–Crippen LogP) is -12.5. The maximum absolute atomic E-state index is 12.3. The molecule has 0 heterocycles. The van der Waals surface area contributed by atoms with Crippen molar-refractivity contribution in [2.75, 3.05) is 363 Å². The number of hydrogen-bond acceptors (Lipinski definition) is 46. The molecule has 0 rings (SSSR count). The molecule has 0 radical (unpaired) electrons. The van der Waals surface area contributed by atoms with Crippen molar-refractivity contribution in [2.24, 2.45) is 16.6 Å². The first-order valence-corrected chi connectivity index (χ1v) is 39.8. The van der Waals surface area contributed by atoms with Crippen molar-refractivity contribution < 1.29 is 219 Å². The number of carbonyl (C=O) groups excluding carboxylic acids is 8. The molecule has 0 spiro atoms. The van der Waals surface area contributed by atoms with E-state index in [1.165, 1.54) is 0 Å². The number of nitrogens with two attached hydrogens (primary N) is 1. The molecule has 124 heavy (non-hydrogen) atoms. The summed E-state index contributed by atoms with van der Waals surface area (Å²) in [5.41, 5.74) is -4.57. The monoisotopic (exact) mass is 1820 g/mol. The van der Waals surface area contributed by atoms with Gasteiger partial charge in [-0.25, -0.2) is 19.2 Å². The first-order valence-electron chi connectivity index (χ1n) is 39.8. The number of aliphatic hydroxyl groups excluding tert-OH is 15. The Kier molecular flexibility index (Phi) is 78.6. The summed E-state index contributed by atoms with van der Waals surface area (Å²) in [4.78, 5) is 94.9. The molecule has 21 N–H and O–H groups in total. The van der Waals surface area contributed by atoms with Crippen LogP contribution in [0.3, 0.4) is 0 Å². The third-order valence-corrected chi connectivity index (χ3v) is 16.2. The predicted molar refractivity (Wildman–Crippen MR) is 423 cm³/mol. The van der Waals surface area contributed by atoms with Crippen LogP contribution in [0, 0.1) is 10.8 Å². The second-order valence-electron chi connectivity index (χ2n) is 27.3. The number of hydrogen-bond donors (Lipinski definition) is 20. The molecule has 50 heteroatoms. The largest absolute Gasteiger partial charge is 0.464 e. The third kappa shape index (κ3) is 62.6. The van der Waals surface area contributed by atoms with Crippen LogP contribution in [0.25, 0.3) is 0 Å². The highest BCUT2D eigenvalue weighted by Gasteiger charge is 2.37. The molecule has 0 fully saturated rings. The molecule has 4 amide bonds. The third-order valence-electron chi connectivity index (χ3n) is 16.2. The highest BCUT2D eigenvalue weighted by Crippen LogP contribution is 2.23. The summed E-state index contributed by atoms with van der Waals surface area (Å²) in [5.74, 6) is -4.75. The van der Waals surface area contributed by atoms with Gasteiger partial charge in [0.2, 0.25) is 23.6 Å². The van der Waals surface area contributed by atoms with Crippen molar-refractivity contribution >= 4 is 47.5 Å². The number of amides is 4. The van der Waals surface area contributed by atoms with Crippen molar-refractivity contribution in [2.45, 2.75) is 55.4 Å². The number of aliphatic hydroxyl groups is 15. The molecule has 0 aliphatic carbocycles. The van der Waals surface area contributed by atoms with Crippen LogP contribution in [-0.2, 0) is 143 Å². The zero-order valence-electron chi connectivity index (χ0n) is 71.9. The number of ether oxygens (including phenoxy) is 22. The minimum absolute atomic E-state index is 0.00789. The van der Waals surface area contributed by atoms with E-state index in [2.05, 4.69) is 21.3 Å². The standard InChI is InChI=1S/C39H76N4O25.C31H56O17.C4H11NO3/c44-15-36(16-45,17-46)40-31(56)11-61-3-1-60-2-7-65-27-35(28-66-8-4-62-12-32(57)41-37(18-47,19-48)20-49,29-67-9-5-63-13-33(58)42-38(21-50,22-51)23-52)30-68-10-6-64-14-34(59)43-39(24-53,25-54)26-55;1-5-45-27(32)19-37-11-9-36-10-15-41-23-31(24-42-16-12-38-20-28(33)46-6-2,25-43-17-13-39-21-29(34)47-7-3)26-44-18-14-40-22-30(35)48-8-4;5-4(1-6,2-7)3-8/h44-55H,1-30H2,(H,40,56)(H,41,57)(H,42,58)(H,43,59);5-26H2,1-4H3;6-8H,1-3,5H2. The van der Waals surface area contributed by atoms with E-state index in [1.807, 2.05) is 0 Å². The van der Waals surface area contributed by atoms with E-state index >= 15 is 0 Å². The summed E-state index contributed by atoms with van der Waals surface area (Å²) in [6, 6.07) is 0. The van der Waals surface area contributed by atoms with Gasteiger partial charge in [-0.3, -0.25) is 19.2 Å². The number of carbonyl (C=O) groups is 8. The van der Waals surface area contributed by atoms with E-state index in [4.69, 9.17) is 125 Å². The van der Waals surface area contributed by atoms with Gasteiger partial charge in [0, 0.05) is 0 Å². The van der Waals surface area contributed by atoms with Crippen molar-refractivity contribution in [3.63, 3.8) is 0 Å². The fourth-order valence-corrected chi connectivity index (χ4v) is 8.84. The quantitative estimate of drug-likeness (QED) is 0.0153. The maximum Gasteiger partial charge on any atom is 0.332 e. The lowest BCUT2D eigenvalue weighted by atomic mass is 9.92. The van der Waals surface area contributed by atoms with Crippen molar-refractivity contribution in [3.05, 3.63) is 0 Å². The summed E-state index contributed by atoms with van der Waals surface area (Å²) < 4.78 is 120. The van der Waals surface area contributed by atoms with Gasteiger partial charge in [0.15, 0.2) is 0 Å². The second kappa shape index (κ2) is 79.6. The van der Waals surface area contributed by atoms with Gasteiger partial charge in [0.1, 0.15) is 75.0 Å². The molecule has 0 unspecified atom stereocenters. The molecule has 0 aliphatic rings. The molecule has 0 aromatic rings. The molecular formula is C74H143N5O45. The SMILES string of the molecule is CCOC(=O)COCCOCCOCC(COCCOCC(=O)OCC)(COCCOCC(=O)OCC)COCCOCC(=O)OCC.NC(CO)(CO)CO.O=C(COCCOCCOCC(COCCOCC(=O)NC(CO)(CO)CO)(COCCOCC(=O)NC(CO)(CO)CO)COCCOCC(=O)NC(CO)(CO)CO)NC(CO)(CO)CO. The molecule has 0 aromatic heterocycles. The van der Waals surface area contributed by atoms with Gasteiger partial charge in [-0.2, -0.15) is 0 Å². The average molecular weight is 1820 g/mol. The van der Waals surface area contributed by atoms with Crippen molar-refractivity contribution in [3.8, 4) is 0 Å². The Bertz CT molecular complexity index is 2390. The zero-order chi connectivity index (χ0) is 93.4. The molecule has 0 bridgehead atoms. The Labute approximate surface area is 721 Å². The highest BCUT2D eigenvalue weighted by atomic mass is 16.6. The minimum Gasteiger partial charge on any atom is -0.464 e. The van der Waals surface area contributed by atoms with E-state index in [1.54, 1.807) is 27.7 Å². The first-order chi connectivity index (χ1) is 59.6. The Balaban J connectivity index is -0.00000227. The van der Waals surface area contributed by atoms with Crippen LogP contribution in [0.1, 0.15) is 27.7 Å². The van der Waals surface area contributed by atoms with Crippen LogP contribution in [-0.4, -0.2) is 515 Å². The smallest absolute Gasteiger partial charge is 0.332 e. The van der Waals surface area contributed by atoms with E-state index in [9.17, 15) is 99.6 Å². The van der Waals surface area contributed by atoms with E-state index < -0.39 is 212 Å². The molecule has 0 aliphatic heterocycles. The van der Waals surface area contributed by atoms with Crippen LogP contribution in [0.2, 0.25) is 0 Å². The summed E-state index contributed by atoms with van der Waals surface area (Å²) in [6.45, 7) is -3.40. The van der Waals surface area contributed by atoms with Crippen LogP contribution in [0.4, 0.5) is 0 Å². The summed E-state index contributed by atoms with van der Waals surface area (Å²) in [7, 11) is 0. The van der Waals surface area contributed by atoms with Crippen LogP contribution in [0.15, 0.2) is 0 Å². The van der Waals surface area contributed by atoms with E-state index in [0.29, 0.717) is 0 Å². The number of rotatable bonds is 85. The van der Waals surface area contributed by atoms with Gasteiger partial charge in [0.05, 0.1) is 327 Å². The summed E-state index contributed by atoms with van der Waals surface area (Å²) in [6.07, 6.45) is 0.